The highest BCUT2D eigenvalue weighted by Crippen LogP contribution is 2.25. The topological polar surface area (TPSA) is 20.2 Å². The van der Waals surface area contributed by atoms with Crippen molar-refractivity contribution in [1.29, 1.82) is 0 Å². The molecule has 0 aromatic heterocycles. The predicted molar refractivity (Wildman–Crippen MR) is 72.6 cm³/mol. The molecule has 0 aliphatic heterocycles. The quantitative estimate of drug-likeness (QED) is 0.693. The Morgan fingerprint density at radius 2 is 1.06 bits per heavy atom. The molecule has 98 valence electrons. The molecule has 0 heterocycles. The average Bonchev–Trinajstić information content (AvgIpc) is 1.98. The molecule has 0 fully saturated rings. The maximum atomic E-state index is 9.84. The highest BCUT2D eigenvalue weighted by Gasteiger charge is 2.13. The number of aliphatic hydroxyl groups is 1. The van der Waals surface area contributed by atoms with Crippen LogP contribution in [-0.2, 0) is 0 Å². The molecule has 1 heteroatoms. The Hall–Kier alpha value is -0.0400. The first-order valence-electron chi connectivity index (χ1n) is 6.78. The minimum Gasteiger partial charge on any atom is -0.393 e. The summed E-state index contributed by atoms with van der Waals surface area (Å²) < 4.78 is 0. The van der Waals surface area contributed by atoms with Gasteiger partial charge in [-0.2, -0.15) is 0 Å². The van der Waals surface area contributed by atoms with E-state index in [9.17, 15) is 5.11 Å². The van der Waals surface area contributed by atoms with Crippen LogP contribution in [0.2, 0.25) is 0 Å². The molecular weight excluding hydrogens is 196 g/mol. The molecule has 0 amide bonds. The van der Waals surface area contributed by atoms with Crippen LogP contribution in [0.5, 0.6) is 0 Å². The van der Waals surface area contributed by atoms with E-state index < -0.39 is 0 Å². The van der Waals surface area contributed by atoms with E-state index in [1.807, 2.05) is 0 Å². The molecule has 0 saturated heterocycles. The second-order valence-corrected chi connectivity index (χ2v) is 7.56. The van der Waals surface area contributed by atoms with Gasteiger partial charge in [-0.05, 0) is 36.5 Å². The highest BCUT2D eigenvalue weighted by molar-refractivity contribution is 4.66. The Morgan fingerprint density at radius 3 is 1.31 bits per heavy atom. The maximum Gasteiger partial charge on any atom is 0.0540 e. The van der Waals surface area contributed by atoms with Crippen LogP contribution in [0.4, 0.5) is 0 Å². The summed E-state index contributed by atoms with van der Waals surface area (Å²) in [5, 5.41) is 9.84. The second kappa shape index (κ2) is 6.64. The Labute approximate surface area is 103 Å². The van der Waals surface area contributed by atoms with E-state index in [1.54, 1.807) is 0 Å². The van der Waals surface area contributed by atoms with Gasteiger partial charge in [-0.3, -0.25) is 0 Å². The third-order valence-electron chi connectivity index (χ3n) is 2.93. The summed E-state index contributed by atoms with van der Waals surface area (Å²) in [5.41, 5.74) is 0.816. The first-order valence-corrected chi connectivity index (χ1v) is 6.78. The van der Waals surface area contributed by atoms with Crippen molar-refractivity contribution in [2.45, 2.75) is 86.2 Å². The van der Waals surface area contributed by atoms with Crippen molar-refractivity contribution in [2.75, 3.05) is 0 Å². The summed E-state index contributed by atoms with van der Waals surface area (Å²) in [6, 6.07) is 0. The first kappa shape index (κ1) is 16.0. The third-order valence-corrected chi connectivity index (χ3v) is 2.93. The fourth-order valence-electron chi connectivity index (χ4n) is 1.88. The predicted octanol–water partition coefficient (Wildman–Crippen LogP) is 4.78. The molecule has 0 bridgehead atoms. The van der Waals surface area contributed by atoms with E-state index in [-0.39, 0.29) is 6.10 Å². The molecule has 0 atom stereocenters. The SMILES string of the molecule is CC(C)(C)CCCC(O)CCCC(C)(C)C. The van der Waals surface area contributed by atoms with Crippen molar-refractivity contribution in [1.82, 2.24) is 0 Å². The Bertz CT molecular complexity index is 151. The summed E-state index contributed by atoms with van der Waals surface area (Å²) in [6.45, 7) is 13.6. The first-order chi connectivity index (χ1) is 7.10. The molecule has 1 N–H and O–H groups in total. The smallest absolute Gasteiger partial charge is 0.0540 e. The van der Waals surface area contributed by atoms with Crippen molar-refractivity contribution >= 4 is 0 Å². The Kier molecular flexibility index (Phi) is 6.62. The van der Waals surface area contributed by atoms with Crippen molar-refractivity contribution in [2.24, 2.45) is 10.8 Å². The summed E-state index contributed by atoms with van der Waals surface area (Å²) in [6.07, 6.45) is 6.60. The van der Waals surface area contributed by atoms with E-state index in [0.717, 1.165) is 25.7 Å². The summed E-state index contributed by atoms with van der Waals surface area (Å²) in [7, 11) is 0. The van der Waals surface area contributed by atoms with Crippen LogP contribution in [0.3, 0.4) is 0 Å². The fourth-order valence-corrected chi connectivity index (χ4v) is 1.88. The molecule has 0 saturated carbocycles. The van der Waals surface area contributed by atoms with Crippen LogP contribution >= 0.6 is 0 Å². The average molecular weight is 228 g/mol. The van der Waals surface area contributed by atoms with Gasteiger partial charge in [0.1, 0.15) is 0 Å². The van der Waals surface area contributed by atoms with Crippen molar-refractivity contribution in [3.63, 3.8) is 0 Å². The summed E-state index contributed by atoms with van der Waals surface area (Å²) in [4.78, 5) is 0. The van der Waals surface area contributed by atoms with Crippen LogP contribution in [0, 0.1) is 10.8 Å². The molecule has 1 nitrogen and oxygen atoms in total. The maximum absolute atomic E-state index is 9.84. The molecule has 0 spiro atoms. The molecule has 0 radical (unpaired) electrons. The lowest BCUT2D eigenvalue weighted by atomic mass is 9.87. The molecule has 0 aliphatic carbocycles. The zero-order valence-electron chi connectivity index (χ0n) is 12.3. The number of hydrogen-bond donors (Lipinski definition) is 1. The van der Waals surface area contributed by atoms with Gasteiger partial charge in [0.2, 0.25) is 0 Å². The largest absolute Gasteiger partial charge is 0.393 e. The van der Waals surface area contributed by atoms with Crippen LogP contribution in [-0.4, -0.2) is 11.2 Å². The van der Waals surface area contributed by atoms with Crippen LogP contribution < -0.4 is 0 Å². The van der Waals surface area contributed by atoms with Gasteiger partial charge in [0, 0.05) is 0 Å². The third kappa shape index (κ3) is 12.0. The molecule has 0 rings (SSSR count). The van der Waals surface area contributed by atoms with Gasteiger partial charge in [-0.1, -0.05) is 54.4 Å². The van der Waals surface area contributed by atoms with Gasteiger partial charge in [-0.25, -0.2) is 0 Å². The van der Waals surface area contributed by atoms with Crippen molar-refractivity contribution in [3.05, 3.63) is 0 Å². The summed E-state index contributed by atoms with van der Waals surface area (Å²) in [5.74, 6) is 0. The van der Waals surface area contributed by atoms with Gasteiger partial charge in [0.15, 0.2) is 0 Å². The van der Waals surface area contributed by atoms with E-state index in [2.05, 4.69) is 41.5 Å². The van der Waals surface area contributed by atoms with Crippen LogP contribution in [0.15, 0.2) is 0 Å². The molecule has 16 heavy (non-hydrogen) atoms. The Balaban J connectivity index is 3.49. The molecule has 0 aromatic carbocycles. The van der Waals surface area contributed by atoms with Gasteiger partial charge in [0.05, 0.1) is 6.10 Å². The summed E-state index contributed by atoms with van der Waals surface area (Å²) >= 11 is 0. The molecule has 0 unspecified atom stereocenters. The van der Waals surface area contributed by atoms with Gasteiger partial charge in [0.25, 0.3) is 0 Å². The van der Waals surface area contributed by atoms with Crippen molar-refractivity contribution < 1.29 is 5.11 Å². The number of rotatable bonds is 6. The molecular formula is C15H32O. The lowest BCUT2D eigenvalue weighted by molar-refractivity contribution is 0.138. The minimum absolute atomic E-state index is 0.0790. The number of hydrogen-bond acceptors (Lipinski definition) is 1. The van der Waals surface area contributed by atoms with E-state index in [1.165, 1.54) is 12.8 Å². The normalized spacial score (nSPS) is 13.5. The zero-order valence-corrected chi connectivity index (χ0v) is 12.3. The van der Waals surface area contributed by atoms with E-state index >= 15 is 0 Å². The minimum atomic E-state index is -0.0790. The van der Waals surface area contributed by atoms with E-state index in [4.69, 9.17) is 0 Å². The van der Waals surface area contributed by atoms with Crippen LogP contribution in [0.1, 0.15) is 80.1 Å². The van der Waals surface area contributed by atoms with E-state index in [0.29, 0.717) is 10.8 Å². The zero-order chi connectivity index (χ0) is 12.8. The van der Waals surface area contributed by atoms with Crippen LogP contribution in [0.25, 0.3) is 0 Å². The molecule has 0 aromatic rings. The van der Waals surface area contributed by atoms with Crippen molar-refractivity contribution in [3.8, 4) is 0 Å². The Morgan fingerprint density at radius 1 is 0.750 bits per heavy atom. The van der Waals surface area contributed by atoms with Gasteiger partial charge < -0.3 is 5.11 Å². The highest BCUT2D eigenvalue weighted by atomic mass is 16.3. The fraction of sp³-hybridized carbons (Fsp3) is 1.00. The standard InChI is InChI=1S/C15H32O/c1-14(2,3)11-7-9-13(16)10-8-12-15(4,5)6/h13,16H,7-12H2,1-6H3. The molecule has 0 aliphatic rings. The van der Waals surface area contributed by atoms with Gasteiger partial charge in [-0.15, -0.1) is 0 Å². The second-order valence-electron chi connectivity index (χ2n) is 7.56. The lowest BCUT2D eigenvalue weighted by Gasteiger charge is -2.20. The monoisotopic (exact) mass is 228 g/mol. The van der Waals surface area contributed by atoms with Gasteiger partial charge >= 0.3 is 0 Å². The number of aliphatic hydroxyl groups excluding tert-OH is 1. The lowest BCUT2D eigenvalue weighted by Crippen LogP contribution is -2.12.